The maximum absolute atomic E-state index is 5.80. The second kappa shape index (κ2) is 11.5. The van der Waals surface area contributed by atoms with Crippen molar-refractivity contribution in [3.05, 3.63) is 0 Å². The summed E-state index contributed by atoms with van der Waals surface area (Å²) in [5, 5.41) is 6.91. The molecule has 7 heteroatoms. The third-order valence-electron chi connectivity index (χ3n) is 4.97. The molecule has 3 aliphatic rings. The van der Waals surface area contributed by atoms with Crippen molar-refractivity contribution in [3.8, 4) is 0 Å². The molecule has 2 bridgehead atoms. The third kappa shape index (κ3) is 6.65. The second-order valence-corrected chi connectivity index (χ2v) is 6.90. The minimum absolute atomic E-state index is 0. The molecule has 3 saturated heterocycles. The van der Waals surface area contributed by atoms with Crippen LogP contribution in [0.25, 0.3) is 0 Å². The molecule has 2 atom stereocenters. The molecule has 0 aromatic heterocycles. The number of hydrogen-bond acceptors (Lipinski definition) is 4. The Morgan fingerprint density at radius 3 is 2.42 bits per heavy atom. The number of nitrogens with zero attached hydrogens (tertiary/aromatic N) is 3. The van der Waals surface area contributed by atoms with E-state index >= 15 is 0 Å². The van der Waals surface area contributed by atoms with E-state index in [4.69, 9.17) is 4.74 Å². The van der Waals surface area contributed by atoms with Crippen LogP contribution in [0.4, 0.5) is 0 Å². The van der Waals surface area contributed by atoms with Gasteiger partial charge in [0.05, 0.1) is 6.10 Å². The number of guanidine groups is 1. The van der Waals surface area contributed by atoms with Gasteiger partial charge in [0, 0.05) is 65.5 Å². The van der Waals surface area contributed by atoms with Crippen molar-refractivity contribution >= 4 is 29.9 Å². The highest BCUT2D eigenvalue weighted by Gasteiger charge is 2.31. The van der Waals surface area contributed by atoms with Gasteiger partial charge in [0.2, 0.25) is 0 Å². The van der Waals surface area contributed by atoms with Crippen LogP contribution in [0.5, 0.6) is 0 Å². The standard InChI is InChI=1S/C17H35N5O.HI/c1-5-23-16(14(2)3)6-7-19-17(18-4)20-12-15-13-21-8-10-22(15)11-9-21;/h14-16H,5-13H2,1-4H3,(H2,18,19,20);1H. The minimum atomic E-state index is 0. The number of aliphatic imine (C=N–C) groups is 1. The van der Waals surface area contributed by atoms with Crippen LogP contribution in [0.1, 0.15) is 27.2 Å². The van der Waals surface area contributed by atoms with Gasteiger partial charge in [0.15, 0.2) is 5.96 Å². The molecule has 0 aromatic rings. The summed E-state index contributed by atoms with van der Waals surface area (Å²) < 4.78 is 5.80. The van der Waals surface area contributed by atoms with Gasteiger partial charge in [-0.25, -0.2) is 0 Å². The van der Waals surface area contributed by atoms with Gasteiger partial charge in [-0.05, 0) is 19.3 Å². The predicted octanol–water partition coefficient (Wildman–Crippen LogP) is 1.22. The van der Waals surface area contributed by atoms with E-state index < -0.39 is 0 Å². The number of ether oxygens (including phenoxy) is 1. The van der Waals surface area contributed by atoms with Crippen LogP contribution in [0.2, 0.25) is 0 Å². The molecule has 0 radical (unpaired) electrons. The van der Waals surface area contributed by atoms with Crippen LogP contribution in [-0.4, -0.2) is 87.4 Å². The Bertz CT molecular complexity index is 372. The van der Waals surface area contributed by atoms with Gasteiger partial charge in [-0.3, -0.25) is 14.8 Å². The first-order chi connectivity index (χ1) is 11.1. The average molecular weight is 453 g/mol. The summed E-state index contributed by atoms with van der Waals surface area (Å²) in [6, 6.07) is 0.614. The molecular formula is C17H36IN5O. The van der Waals surface area contributed by atoms with Crippen molar-refractivity contribution in [2.75, 3.05) is 59.5 Å². The lowest BCUT2D eigenvalue weighted by Gasteiger charge is -2.47. The molecule has 3 rings (SSSR count). The van der Waals surface area contributed by atoms with E-state index in [2.05, 4.69) is 46.2 Å². The normalized spacial score (nSPS) is 27.7. The maximum Gasteiger partial charge on any atom is 0.191 e. The van der Waals surface area contributed by atoms with Crippen molar-refractivity contribution in [2.24, 2.45) is 10.9 Å². The molecule has 0 aliphatic carbocycles. The van der Waals surface area contributed by atoms with Crippen molar-refractivity contribution in [1.82, 2.24) is 20.4 Å². The number of hydrogen-bond donors (Lipinski definition) is 2. The Hall–Kier alpha value is -0.120. The summed E-state index contributed by atoms with van der Waals surface area (Å²) in [6.45, 7) is 15.2. The number of piperazine rings is 3. The summed E-state index contributed by atoms with van der Waals surface area (Å²) in [6.07, 6.45) is 1.33. The van der Waals surface area contributed by atoms with Crippen LogP contribution in [-0.2, 0) is 4.74 Å². The van der Waals surface area contributed by atoms with Gasteiger partial charge in [-0.15, -0.1) is 24.0 Å². The minimum Gasteiger partial charge on any atom is -0.378 e. The highest BCUT2D eigenvalue weighted by atomic mass is 127. The molecule has 2 unspecified atom stereocenters. The summed E-state index contributed by atoms with van der Waals surface area (Å²) in [5.41, 5.74) is 0. The molecule has 3 fully saturated rings. The van der Waals surface area contributed by atoms with Crippen LogP contribution >= 0.6 is 24.0 Å². The van der Waals surface area contributed by atoms with Crippen LogP contribution in [0, 0.1) is 5.92 Å². The van der Waals surface area contributed by atoms with E-state index in [1.165, 1.54) is 32.7 Å². The maximum atomic E-state index is 5.80. The Morgan fingerprint density at radius 1 is 1.21 bits per heavy atom. The van der Waals surface area contributed by atoms with Crippen molar-refractivity contribution in [3.63, 3.8) is 0 Å². The van der Waals surface area contributed by atoms with Gasteiger partial charge >= 0.3 is 0 Å². The largest absolute Gasteiger partial charge is 0.378 e. The van der Waals surface area contributed by atoms with Gasteiger partial charge < -0.3 is 15.4 Å². The Labute approximate surface area is 164 Å². The van der Waals surface area contributed by atoms with E-state index in [9.17, 15) is 0 Å². The fourth-order valence-electron chi connectivity index (χ4n) is 3.51. The number of halogens is 1. The smallest absolute Gasteiger partial charge is 0.191 e. The van der Waals surface area contributed by atoms with Gasteiger partial charge in [0.1, 0.15) is 0 Å². The van der Waals surface area contributed by atoms with Gasteiger partial charge in [-0.1, -0.05) is 13.8 Å². The zero-order valence-electron chi connectivity index (χ0n) is 15.8. The summed E-state index contributed by atoms with van der Waals surface area (Å²) >= 11 is 0. The van der Waals surface area contributed by atoms with Crippen molar-refractivity contribution in [2.45, 2.75) is 39.3 Å². The number of fused-ring (bicyclic) bond motifs is 3. The molecule has 142 valence electrons. The summed E-state index contributed by atoms with van der Waals surface area (Å²) in [5.74, 6) is 1.45. The Kier molecular flexibility index (Phi) is 10.5. The molecule has 24 heavy (non-hydrogen) atoms. The topological polar surface area (TPSA) is 52.1 Å². The number of nitrogens with one attached hydrogen (secondary N) is 2. The fraction of sp³-hybridized carbons (Fsp3) is 0.941. The quantitative estimate of drug-likeness (QED) is 0.329. The monoisotopic (exact) mass is 453 g/mol. The first-order valence-electron chi connectivity index (χ1n) is 9.16. The van der Waals surface area contributed by atoms with Crippen LogP contribution < -0.4 is 10.6 Å². The highest BCUT2D eigenvalue weighted by molar-refractivity contribution is 14.0. The molecule has 6 nitrogen and oxygen atoms in total. The lowest BCUT2D eigenvalue weighted by Crippen LogP contribution is -2.63. The average Bonchev–Trinajstić information content (AvgIpc) is 2.57. The van der Waals surface area contributed by atoms with Gasteiger partial charge in [-0.2, -0.15) is 0 Å². The molecular weight excluding hydrogens is 417 g/mol. The molecule has 0 spiro atoms. The van der Waals surface area contributed by atoms with Crippen LogP contribution in [0.3, 0.4) is 0 Å². The Balaban J connectivity index is 0.00000288. The molecule has 3 aliphatic heterocycles. The molecule has 2 N–H and O–H groups in total. The SMILES string of the molecule is CCOC(CCNC(=NC)NCC1CN2CCN1CC2)C(C)C.I. The lowest BCUT2D eigenvalue weighted by molar-refractivity contribution is 0.0153. The number of rotatable bonds is 8. The highest BCUT2D eigenvalue weighted by Crippen LogP contribution is 2.14. The van der Waals surface area contributed by atoms with Gasteiger partial charge in [0.25, 0.3) is 0 Å². The first-order valence-corrected chi connectivity index (χ1v) is 9.16. The zero-order valence-corrected chi connectivity index (χ0v) is 18.1. The fourth-order valence-corrected chi connectivity index (χ4v) is 3.51. The van der Waals surface area contributed by atoms with E-state index in [1.807, 2.05) is 7.05 Å². The second-order valence-electron chi connectivity index (χ2n) is 6.90. The van der Waals surface area contributed by atoms with Crippen molar-refractivity contribution in [1.29, 1.82) is 0 Å². The van der Waals surface area contributed by atoms with E-state index in [-0.39, 0.29) is 24.0 Å². The predicted molar refractivity (Wildman–Crippen MR) is 111 cm³/mol. The Morgan fingerprint density at radius 2 is 1.92 bits per heavy atom. The zero-order chi connectivity index (χ0) is 16.7. The van der Waals surface area contributed by atoms with E-state index in [0.29, 0.717) is 18.1 Å². The molecule has 0 amide bonds. The van der Waals surface area contributed by atoms with E-state index in [1.54, 1.807) is 0 Å². The van der Waals surface area contributed by atoms with Crippen LogP contribution in [0.15, 0.2) is 4.99 Å². The molecule has 0 saturated carbocycles. The lowest BCUT2D eigenvalue weighted by atomic mass is 10.0. The van der Waals surface area contributed by atoms with Crippen molar-refractivity contribution < 1.29 is 4.74 Å². The molecule has 3 heterocycles. The molecule has 0 aromatic carbocycles. The van der Waals surface area contributed by atoms with E-state index in [0.717, 1.165) is 32.1 Å². The first kappa shape index (κ1) is 21.9. The summed E-state index contributed by atoms with van der Waals surface area (Å²) in [7, 11) is 1.84. The third-order valence-corrected chi connectivity index (χ3v) is 4.97. The summed E-state index contributed by atoms with van der Waals surface area (Å²) in [4.78, 5) is 9.51.